The van der Waals surface area contributed by atoms with Crippen LogP contribution in [0.1, 0.15) is 20.8 Å². The summed E-state index contributed by atoms with van der Waals surface area (Å²) in [5.74, 6) is 0. The lowest BCUT2D eigenvalue weighted by molar-refractivity contribution is 0.203. The number of hydrogen-bond donors (Lipinski definition) is 0. The summed E-state index contributed by atoms with van der Waals surface area (Å²) in [7, 11) is -3.65. The van der Waals surface area contributed by atoms with Gasteiger partial charge in [-0.3, -0.25) is 4.18 Å². The number of hydrogen-bond acceptors (Lipinski definition) is 3. The van der Waals surface area contributed by atoms with E-state index >= 15 is 0 Å². The Balaban J connectivity index is 2.98. The van der Waals surface area contributed by atoms with Gasteiger partial charge in [0.2, 0.25) is 0 Å². The molecule has 0 aliphatic carbocycles. The minimum atomic E-state index is -3.65. The lowest BCUT2D eigenvalue weighted by atomic mass is 9.99. The minimum Gasteiger partial charge on any atom is -0.266 e. The number of rotatable bonds is 3. The molecule has 0 aromatic heterocycles. The van der Waals surface area contributed by atoms with Gasteiger partial charge in [0.05, 0.1) is 11.5 Å². The fourth-order valence-electron chi connectivity index (χ4n) is 0.995. The summed E-state index contributed by atoms with van der Waals surface area (Å²) >= 11 is 4.18. The highest BCUT2D eigenvalue weighted by Gasteiger charge is 2.20. The molecule has 0 unspecified atom stereocenters. The van der Waals surface area contributed by atoms with E-state index in [-0.39, 0.29) is 16.9 Å². The highest BCUT2D eigenvalue weighted by atomic mass is 127. The van der Waals surface area contributed by atoms with Crippen molar-refractivity contribution in [2.45, 2.75) is 25.7 Å². The van der Waals surface area contributed by atoms with Gasteiger partial charge in [-0.15, -0.1) is 0 Å². The Morgan fingerprint density at radius 3 is 2.00 bits per heavy atom. The van der Waals surface area contributed by atoms with Crippen molar-refractivity contribution in [1.29, 1.82) is 0 Å². The monoisotopic (exact) mass is 480 g/mol. The van der Waals surface area contributed by atoms with Crippen molar-refractivity contribution in [2.75, 3.05) is 6.61 Å². The van der Waals surface area contributed by atoms with Crippen LogP contribution < -0.4 is 0 Å². The average molecular weight is 480 g/mol. The van der Waals surface area contributed by atoms with Crippen molar-refractivity contribution in [3.05, 3.63) is 25.3 Å². The van der Waals surface area contributed by atoms with Gasteiger partial charge in [0.15, 0.2) is 0 Å². The molecule has 1 aromatic carbocycles. The highest BCUT2D eigenvalue weighted by Crippen LogP contribution is 2.22. The first-order valence-electron chi connectivity index (χ1n) is 4.96. The van der Waals surface area contributed by atoms with Crippen LogP contribution in [-0.4, -0.2) is 15.0 Å². The molecule has 0 saturated heterocycles. The molecule has 0 atom stereocenters. The van der Waals surface area contributed by atoms with Crippen molar-refractivity contribution in [1.82, 2.24) is 0 Å². The van der Waals surface area contributed by atoms with Gasteiger partial charge in [0, 0.05) is 7.14 Å². The molecule has 1 rings (SSSR count). The van der Waals surface area contributed by atoms with E-state index in [9.17, 15) is 8.42 Å². The lowest BCUT2D eigenvalue weighted by Gasteiger charge is -2.17. The third-order valence-corrected chi connectivity index (χ3v) is 4.26. The van der Waals surface area contributed by atoms with Crippen LogP contribution in [-0.2, 0) is 14.3 Å². The van der Waals surface area contributed by atoms with E-state index in [1.54, 1.807) is 12.1 Å². The molecular formula is C11H14I2O3S. The summed E-state index contributed by atoms with van der Waals surface area (Å²) < 4.78 is 30.7. The van der Waals surface area contributed by atoms with Crippen LogP contribution in [0.4, 0.5) is 0 Å². The van der Waals surface area contributed by atoms with Gasteiger partial charge in [-0.05, 0) is 68.8 Å². The Labute approximate surface area is 130 Å². The second-order valence-corrected chi connectivity index (χ2v) is 8.99. The highest BCUT2D eigenvalue weighted by molar-refractivity contribution is 14.1. The second-order valence-electron chi connectivity index (χ2n) is 4.88. The van der Waals surface area contributed by atoms with Crippen LogP contribution in [0, 0.1) is 12.6 Å². The summed E-state index contributed by atoms with van der Waals surface area (Å²) in [6.07, 6.45) is 0. The fourth-order valence-corrected chi connectivity index (χ4v) is 4.54. The van der Waals surface area contributed by atoms with Crippen LogP contribution in [0.15, 0.2) is 23.1 Å². The zero-order valence-corrected chi connectivity index (χ0v) is 15.0. The maximum atomic E-state index is 12.0. The summed E-state index contributed by atoms with van der Waals surface area (Å²) in [4.78, 5) is 0.220. The number of benzene rings is 1. The Hall–Kier alpha value is 0.590. The van der Waals surface area contributed by atoms with Crippen molar-refractivity contribution < 1.29 is 12.6 Å². The van der Waals surface area contributed by atoms with Gasteiger partial charge >= 0.3 is 0 Å². The third-order valence-electron chi connectivity index (χ3n) is 1.77. The number of halogens is 2. The molecule has 3 nitrogen and oxygen atoms in total. The first kappa shape index (κ1) is 15.6. The van der Waals surface area contributed by atoms with Crippen LogP contribution in [0.2, 0.25) is 0 Å². The van der Waals surface area contributed by atoms with Crippen LogP contribution in [0.25, 0.3) is 0 Å². The van der Waals surface area contributed by atoms with E-state index in [2.05, 4.69) is 45.2 Å². The first-order valence-corrected chi connectivity index (χ1v) is 8.52. The fraction of sp³-hybridized carbons (Fsp3) is 0.455. The van der Waals surface area contributed by atoms with Crippen molar-refractivity contribution in [3.8, 4) is 0 Å². The standard InChI is InChI=1S/C11H14I2O3S/c1-11(2,3)7-16-17(14,15)10-5-8(12)4-9(13)6-10/h4-6H,7H2,1-3H3. The zero-order valence-electron chi connectivity index (χ0n) is 9.83. The molecule has 0 fully saturated rings. The van der Waals surface area contributed by atoms with Crippen molar-refractivity contribution in [2.24, 2.45) is 5.41 Å². The lowest BCUT2D eigenvalue weighted by Crippen LogP contribution is -2.18. The van der Waals surface area contributed by atoms with Gasteiger partial charge in [-0.2, -0.15) is 8.42 Å². The smallest absolute Gasteiger partial charge is 0.266 e. The molecular weight excluding hydrogens is 466 g/mol. The Kier molecular flexibility index (Phi) is 5.25. The van der Waals surface area contributed by atoms with Crippen molar-refractivity contribution >= 4 is 55.3 Å². The molecule has 0 aliphatic rings. The molecule has 0 bridgehead atoms. The Bertz CT molecular complexity index is 484. The Morgan fingerprint density at radius 1 is 1.12 bits per heavy atom. The molecule has 96 valence electrons. The minimum absolute atomic E-state index is 0.178. The average Bonchev–Trinajstić information content (AvgIpc) is 2.12. The van der Waals surface area contributed by atoms with Gasteiger partial charge in [-0.25, -0.2) is 0 Å². The maximum absolute atomic E-state index is 12.0. The zero-order chi connectivity index (χ0) is 13.3. The topological polar surface area (TPSA) is 43.4 Å². The summed E-state index contributed by atoms with van der Waals surface area (Å²) in [6, 6.07) is 5.13. The summed E-state index contributed by atoms with van der Waals surface area (Å²) in [5.41, 5.74) is -0.178. The molecule has 1 aromatic rings. The van der Waals surface area contributed by atoms with E-state index in [0.29, 0.717) is 0 Å². The van der Waals surface area contributed by atoms with Gasteiger partial charge < -0.3 is 0 Å². The predicted octanol–water partition coefficient (Wildman–Crippen LogP) is 3.65. The molecule has 6 heteroatoms. The van der Waals surface area contributed by atoms with Crippen LogP contribution in [0.3, 0.4) is 0 Å². The van der Waals surface area contributed by atoms with E-state index in [1.165, 1.54) is 0 Å². The third kappa shape index (κ3) is 5.39. The van der Waals surface area contributed by atoms with Crippen molar-refractivity contribution in [3.63, 3.8) is 0 Å². The quantitative estimate of drug-likeness (QED) is 0.491. The molecule has 0 spiro atoms. The molecule has 0 heterocycles. The SMILES string of the molecule is CC(C)(C)COS(=O)(=O)c1cc(I)cc(I)c1. The molecule has 0 saturated carbocycles. The molecule has 17 heavy (non-hydrogen) atoms. The summed E-state index contributed by atoms with van der Waals surface area (Å²) in [5, 5.41) is 0. The van der Waals surface area contributed by atoms with Gasteiger partial charge in [-0.1, -0.05) is 20.8 Å². The molecule has 0 aliphatic heterocycles. The Morgan fingerprint density at radius 2 is 1.59 bits per heavy atom. The first-order chi connectivity index (χ1) is 7.60. The molecule has 0 radical (unpaired) electrons. The van der Waals surface area contributed by atoms with E-state index in [0.717, 1.165) is 7.14 Å². The predicted molar refractivity (Wildman–Crippen MR) is 84.5 cm³/mol. The molecule has 0 amide bonds. The van der Waals surface area contributed by atoms with Crippen LogP contribution in [0.5, 0.6) is 0 Å². The van der Waals surface area contributed by atoms with E-state index < -0.39 is 10.1 Å². The largest absolute Gasteiger partial charge is 0.297 e. The van der Waals surface area contributed by atoms with Gasteiger partial charge in [0.1, 0.15) is 0 Å². The summed E-state index contributed by atoms with van der Waals surface area (Å²) in [6.45, 7) is 5.97. The van der Waals surface area contributed by atoms with E-state index in [1.807, 2.05) is 26.8 Å². The maximum Gasteiger partial charge on any atom is 0.297 e. The van der Waals surface area contributed by atoms with Gasteiger partial charge in [0.25, 0.3) is 10.1 Å². The second kappa shape index (κ2) is 5.70. The molecule has 0 N–H and O–H groups in total. The van der Waals surface area contributed by atoms with E-state index in [4.69, 9.17) is 4.18 Å². The van der Waals surface area contributed by atoms with Crippen LogP contribution >= 0.6 is 45.2 Å². The normalized spacial score (nSPS) is 12.8.